The van der Waals surface area contributed by atoms with E-state index in [1.807, 2.05) is 19.1 Å². The zero-order chi connectivity index (χ0) is 28.5. The molecular formula is C32H41NO5. The Morgan fingerprint density at radius 2 is 1.87 bits per heavy atom. The summed E-state index contributed by atoms with van der Waals surface area (Å²) in [7, 11) is 0. The molecule has 6 nitrogen and oxygen atoms in total. The van der Waals surface area contributed by atoms with E-state index in [1.165, 1.54) is 43.1 Å². The first kappa shape index (κ1) is 30.6. The number of aliphatic carboxylic acids is 1. The number of rotatable bonds is 10. The fourth-order valence-electron chi connectivity index (χ4n) is 4.49. The zero-order valence-corrected chi connectivity index (χ0v) is 23.7. The van der Waals surface area contributed by atoms with Gasteiger partial charge in [-0.1, -0.05) is 74.4 Å². The Labute approximate surface area is 226 Å². The summed E-state index contributed by atoms with van der Waals surface area (Å²) in [5, 5.41) is 12.5. The van der Waals surface area contributed by atoms with Gasteiger partial charge in [0.2, 0.25) is 5.91 Å². The van der Waals surface area contributed by atoms with E-state index in [-0.39, 0.29) is 23.1 Å². The average molecular weight is 520 g/mol. The van der Waals surface area contributed by atoms with E-state index in [0.717, 1.165) is 12.0 Å². The van der Waals surface area contributed by atoms with Crippen LogP contribution in [0.1, 0.15) is 79.7 Å². The molecule has 0 saturated carbocycles. The third kappa shape index (κ3) is 8.44. The number of amides is 1. The topological polar surface area (TPSA) is 92.7 Å². The van der Waals surface area contributed by atoms with Crippen LogP contribution in [0.4, 0.5) is 0 Å². The summed E-state index contributed by atoms with van der Waals surface area (Å²) in [5.41, 5.74) is 3.37. The van der Waals surface area contributed by atoms with Crippen molar-refractivity contribution in [3.8, 4) is 5.75 Å². The van der Waals surface area contributed by atoms with Crippen molar-refractivity contribution in [3.63, 3.8) is 0 Å². The number of esters is 1. The van der Waals surface area contributed by atoms with E-state index in [0.29, 0.717) is 5.57 Å². The Hall–Kier alpha value is -3.67. The second-order valence-corrected chi connectivity index (χ2v) is 10.7. The van der Waals surface area contributed by atoms with Gasteiger partial charge in [-0.3, -0.25) is 9.59 Å². The van der Waals surface area contributed by atoms with Crippen molar-refractivity contribution in [3.05, 3.63) is 88.6 Å². The molecule has 0 aromatic heterocycles. The van der Waals surface area contributed by atoms with Crippen LogP contribution < -0.4 is 10.1 Å². The first-order chi connectivity index (χ1) is 17.8. The van der Waals surface area contributed by atoms with Crippen molar-refractivity contribution in [1.82, 2.24) is 5.32 Å². The van der Waals surface area contributed by atoms with Crippen LogP contribution in [0.2, 0.25) is 0 Å². The van der Waals surface area contributed by atoms with Crippen molar-refractivity contribution in [2.45, 2.75) is 79.7 Å². The molecule has 1 aromatic carbocycles. The maximum Gasteiger partial charge on any atom is 0.333 e. The molecular weight excluding hydrogens is 478 g/mol. The molecule has 1 atom stereocenters. The van der Waals surface area contributed by atoms with Gasteiger partial charge in [-0.2, -0.15) is 0 Å². The first-order valence-electron chi connectivity index (χ1n) is 13.1. The summed E-state index contributed by atoms with van der Waals surface area (Å²) in [6.07, 6.45) is 15.1. The van der Waals surface area contributed by atoms with Crippen LogP contribution in [0.5, 0.6) is 5.75 Å². The van der Waals surface area contributed by atoms with Crippen molar-refractivity contribution < 1.29 is 24.2 Å². The van der Waals surface area contributed by atoms with E-state index < -0.39 is 23.4 Å². The molecule has 0 radical (unpaired) electrons. The number of hydrogen-bond acceptors (Lipinski definition) is 4. The van der Waals surface area contributed by atoms with E-state index in [9.17, 15) is 19.5 Å². The minimum atomic E-state index is -1.72. The molecule has 38 heavy (non-hydrogen) atoms. The summed E-state index contributed by atoms with van der Waals surface area (Å²) in [6, 6.07) is 6.17. The van der Waals surface area contributed by atoms with Crippen molar-refractivity contribution in [1.29, 1.82) is 0 Å². The van der Waals surface area contributed by atoms with Crippen LogP contribution in [0.3, 0.4) is 0 Å². The van der Waals surface area contributed by atoms with Gasteiger partial charge in [-0.05, 0) is 81.2 Å². The minimum absolute atomic E-state index is 0.188. The van der Waals surface area contributed by atoms with Gasteiger partial charge in [0.1, 0.15) is 5.75 Å². The predicted molar refractivity (Wildman–Crippen MR) is 152 cm³/mol. The van der Waals surface area contributed by atoms with Crippen molar-refractivity contribution >= 4 is 17.8 Å². The van der Waals surface area contributed by atoms with Gasteiger partial charge >= 0.3 is 11.9 Å². The van der Waals surface area contributed by atoms with Crippen LogP contribution in [-0.2, 0) is 19.9 Å². The standard InChI is InChI=1S/C32H41NO5/c1-8-29(35)38-26-16-10-15-25(21-26)32(7,30(36)37)33-28(34)20-23(3)13-9-12-22(2)17-18-27-24(4)14-11-19-31(27,5)6/h9-10,12-13,15-18,20-21H,8,11,14,19H2,1-7H3,(H,33,34)(H,36,37). The lowest BCUT2D eigenvalue weighted by atomic mass is 9.72. The number of benzene rings is 1. The largest absolute Gasteiger partial charge is 0.479 e. The predicted octanol–water partition coefficient (Wildman–Crippen LogP) is 6.95. The molecule has 0 heterocycles. The van der Waals surface area contributed by atoms with Gasteiger partial charge in [0.25, 0.3) is 0 Å². The zero-order valence-electron chi connectivity index (χ0n) is 23.7. The number of ether oxygens (including phenoxy) is 1. The molecule has 0 bridgehead atoms. The van der Waals surface area contributed by atoms with Gasteiger partial charge in [0.05, 0.1) is 0 Å². The highest BCUT2D eigenvalue weighted by molar-refractivity contribution is 5.94. The fourth-order valence-corrected chi connectivity index (χ4v) is 4.49. The van der Waals surface area contributed by atoms with E-state index in [4.69, 9.17) is 4.74 Å². The number of carboxylic acids is 1. The third-order valence-corrected chi connectivity index (χ3v) is 6.87. The van der Waals surface area contributed by atoms with Gasteiger partial charge < -0.3 is 15.2 Å². The van der Waals surface area contributed by atoms with Gasteiger partial charge in [-0.15, -0.1) is 0 Å². The Morgan fingerprint density at radius 1 is 1.16 bits per heavy atom. The molecule has 0 aliphatic heterocycles. The normalized spacial score (nSPS) is 18.0. The highest BCUT2D eigenvalue weighted by Crippen LogP contribution is 2.40. The van der Waals surface area contributed by atoms with E-state index in [1.54, 1.807) is 38.1 Å². The first-order valence-corrected chi connectivity index (χ1v) is 13.1. The maximum absolute atomic E-state index is 12.7. The van der Waals surface area contributed by atoms with Crippen LogP contribution >= 0.6 is 0 Å². The summed E-state index contributed by atoms with van der Waals surface area (Å²) in [4.78, 5) is 36.5. The minimum Gasteiger partial charge on any atom is -0.479 e. The van der Waals surface area contributed by atoms with E-state index in [2.05, 4.69) is 38.2 Å². The number of nitrogens with one attached hydrogen (secondary N) is 1. The Bertz CT molecular complexity index is 1210. The second kappa shape index (κ2) is 13.2. The van der Waals surface area contributed by atoms with Crippen LogP contribution in [0, 0.1) is 5.41 Å². The van der Waals surface area contributed by atoms with Gasteiger partial charge in [-0.25, -0.2) is 4.79 Å². The van der Waals surface area contributed by atoms with Crippen molar-refractivity contribution in [2.24, 2.45) is 5.41 Å². The quantitative estimate of drug-likeness (QED) is 0.151. The second-order valence-electron chi connectivity index (χ2n) is 10.7. The molecule has 1 aliphatic carbocycles. The van der Waals surface area contributed by atoms with Crippen LogP contribution in [0.25, 0.3) is 0 Å². The summed E-state index contributed by atoms with van der Waals surface area (Å²) < 4.78 is 5.20. The number of carboxylic acid groups (broad SMARTS) is 1. The summed E-state index contributed by atoms with van der Waals surface area (Å²) in [6.45, 7) is 13.7. The molecule has 204 valence electrons. The third-order valence-electron chi connectivity index (χ3n) is 6.87. The molecule has 1 unspecified atom stereocenters. The average Bonchev–Trinajstić information content (AvgIpc) is 2.83. The SMILES string of the molecule is CCC(=O)Oc1cccc(C(C)(NC(=O)C=C(C)C=CC=C(C)C=CC2=C(C)CCCC2(C)C)C(=O)O)c1. The molecule has 2 N–H and O–H groups in total. The van der Waals surface area contributed by atoms with Crippen LogP contribution in [-0.4, -0.2) is 23.0 Å². The molecule has 0 spiro atoms. The van der Waals surface area contributed by atoms with Gasteiger partial charge in [0.15, 0.2) is 5.54 Å². The Kier molecular flexibility index (Phi) is 10.6. The number of hydrogen-bond donors (Lipinski definition) is 2. The smallest absolute Gasteiger partial charge is 0.333 e. The molecule has 1 amide bonds. The number of allylic oxidation sites excluding steroid dienone is 9. The van der Waals surface area contributed by atoms with Crippen molar-refractivity contribution in [2.75, 3.05) is 0 Å². The Morgan fingerprint density at radius 3 is 2.50 bits per heavy atom. The molecule has 1 aromatic rings. The molecule has 1 aliphatic rings. The number of carbonyl (C=O) groups is 3. The molecule has 6 heteroatoms. The van der Waals surface area contributed by atoms with Crippen LogP contribution in [0.15, 0.2) is 83.0 Å². The monoisotopic (exact) mass is 519 g/mol. The highest BCUT2D eigenvalue weighted by atomic mass is 16.5. The molecule has 0 saturated heterocycles. The lowest BCUT2D eigenvalue weighted by molar-refractivity contribution is -0.146. The Balaban J connectivity index is 2.12. The van der Waals surface area contributed by atoms with Gasteiger partial charge in [0, 0.05) is 12.5 Å². The van der Waals surface area contributed by atoms with E-state index >= 15 is 0 Å². The molecule has 0 fully saturated rings. The maximum atomic E-state index is 12.7. The fraction of sp³-hybridized carbons (Fsp3) is 0.406. The molecule has 2 rings (SSSR count). The number of carbonyl (C=O) groups excluding carboxylic acids is 2. The summed E-state index contributed by atoms with van der Waals surface area (Å²) >= 11 is 0. The summed E-state index contributed by atoms with van der Waals surface area (Å²) in [5.74, 6) is -1.99. The highest BCUT2D eigenvalue weighted by Gasteiger charge is 2.37. The lowest BCUT2D eigenvalue weighted by Gasteiger charge is -2.32. The lowest BCUT2D eigenvalue weighted by Crippen LogP contribution is -2.49.